The minimum atomic E-state index is -0.0743. The van der Waals surface area contributed by atoms with E-state index in [-0.39, 0.29) is 29.4 Å². The van der Waals surface area contributed by atoms with Crippen molar-refractivity contribution in [1.82, 2.24) is 15.6 Å². The van der Waals surface area contributed by atoms with Crippen molar-refractivity contribution in [2.75, 3.05) is 28.4 Å². The molecule has 29 heavy (non-hydrogen) atoms. The highest BCUT2D eigenvalue weighted by Crippen LogP contribution is 2.39. The van der Waals surface area contributed by atoms with Gasteiger partial charge in [0.2, 0.25) is 11.6 Å². The summed E-state index contributed by atoms with van der Waals surface area (Å²) in [6, 6.07) is 3.76. The molecule has 1 heterocycles. The summed E-state index contributed by atoms with van der Waals surface area (Å²) in [5.41, 5.74) is 0.837. The Morgan fingerprint density at radius 3 is 2.21 bits per heavy atom. The minimum absolute atomic E-state index is 0. The molecular formula is C20H31IN4O4. The highest BCUT2D eigenvalue weighted by atomic mass is 127. The smallest absolute Gasteiger partial charge is 0.213 e. The van der Waals surface area contributed by atoms with Crippen molar-refractivity contribution in [2.45, 2.75) is 39.3 Å². The van der Waals surface area contributed by atoms with Crippen LogP contribution in [0.2, 0.25) is 0 Å². The Balaban J connectivity index is 0.00000420. The van der Waals surface area contributed by atoms with Gasteiger partial charge in [0, 0.05) is 24.6 Å². The summed E-state index contributed by atoms with van der Waals surface area (Å²) in [5, 5.41) is 6.44. The lowest BCUT2D eigenvalue weighted by Gasteiger charge is -2.17. The number of hydrogen-bond acceptors (Lipinski definition) is 6. The molecule has 162 valence electrons. The first-order valence-electron chi connectivity index (χ1n) is 9.01. The van der Waals surface area contributed by atoms with E-state index in [1.165, 1.54) is 0 Å². The van der Waals surface area contributed by atoms with Gasteiger partial charge in [-0.05, 0) is 12.1 Å². The molecule has 0 unspecified atom stereocenters. The van der Waals surface area contributed by atoms with Crippen LogP contribution in [0, 0.1) is 0 Å². The molecule has 1 aromatic carbocycles. The van der Waals surface area contributed by atoms with Gasteiger partial charge in [-0.2, -0.15) is 0 Å². The molecule has 1 aromatic heterocycles. The first-order valence-corrected chi connectivity index (χ1v) is 9.01. The number of nitrogens with zero attached hydrogens (tertiary/aromatic N) is 2. The maximum Gasteiger partial charge on any atom is 0.213 e. The Kier molecular flexibility index (Phi) is 9.54. The molecule has 2 rings (SSSR count). The lowest BCUT2D eigenvalue weighted by molar-refractivity contribution is 0.322. The predicted molar refractivity (Wildman–Crippen MR) is 124 cm³/mol. The molecule has 0 saturated heterocycles. The van der Waals surface area contributed by atoms with Gasteiger partial charge in [-0.15, -0.1) is 24.0 Å². The molecule has 0 bridgehead atoms. The van der Waals surface area contributed by atoms with Gasteiger partial charge >= 0.3 is 0 Å². The van der Waals surface area contributed by atoms with Crippen LogP contribution in [0.15, 0.2) is 27.7 Å². The van der Waals surface area contributed by atoms with E-state index in [9.17, 15) is 0 Å². The van der Waals surface area contributed by atoms with Crippen LogP contribution in [0.5, 0.6) is 17.2 Å². The predicted octanol–water partition coefficient (Wildman–Crippen LogP) is 3.48. The Hall–Kier alpha value is -2.17. The van der Waals surface area contributed by atoms with Crippen LogP contribution in [0.4, 0.5) is 0 Å². The summed E-state index contributed by atoms with van der Waals surface area (Å²) >= 11 is 0. The Morgan fingerprint density at radius 2 is 1.69 bits per heavy atom. The summed E-state index contributed by atoms with van der Waals surface area (Å²) in [4.78, 5) is 8.55. The first-order chi connectivity index (χ1) is 13.3. The van der Waals surface area contributed by atoms with Crippen LogP contribution in [0.25, 0.3) is 0 Å². The number of methoxy groups -OCH3 is 3. The number of aliphatic imine (C=N–C) groups is 1. The molecular weight excluding hydrogens is 487 g/mol. The maximum absolute atomic E-state index is 5.79. The van der Waals surface area contributed by atoms with Crippen molar-refractivity contribution in [3.63, 3.8) is 0 Å². The van der Waals surface area contributed by atoms with Crippen LogP contribution in [-0.2, 0) is 18.5 Å². The average Bonchev–Trinajstić information content (AvgIpc) is 3.16. The number of benzene rings is 1. The molecule has 0 atom stereocenters. The minimum Gasteiger partial charge on any atom is -0.493 e. The van der Waals surface area contributed by atoms with Crippen LogP contribution >= 0.6 is 24.0 Å². The lowest BCUT2D eigenvalue weighted by Crippen LogP contribution is -2.36. The highest BCUT2D eigenvalue weighted by Gasteiger charge is 2.19. The van der Waals surface area contributed by atoms with Gasteiger partial charge in [-0.3, -0.25) is 4.99 Å². The normalized spacial score (nSPS) is 11.5. The van der Waals surface area contributed by atoms with Crippen molar-refractivity contribution < 1.29 is 18.6 Å². The number of ether oxygens (including phenoxy) is 3. The van der Waals surface area contributed by atoms with Crippen molar-refractivity contribution >= 4 is 29.9 Å². The second-order valence-electron chi connectivity index (χ2n) is 7.14. The third-order valence-electron chi connectivity index (χ3n) is 4.16. The van der Waals surface area contributed by atoms with E-state index in [0.29, 0.717) is 42.2 Å². The Bertz CT molecular complexity index is 815. The fourth-order valence-corrected chi connectivity index (χ4v) is 2.60. The van der Waals surface area contributed by atoms with Crippen LogP contribution in [0.1, 0.15) is 38.0 Å². The molecule has 2 N–H and O–H groups in total. The van der Waals surface area contributed by atoms with E-state index in [1.54, 1.807) is 34.6 Å². The number of hydrogen-bond donors (Lipinski definition) is 2. The number of rotatable bonds is 7. The second-order valence-corrected chi connectivity index (χ2v) is 7.14. The summed E-state index contributed by atoms with van der Waals surface area (Å²) in [6.45, 7) is 7.17. The monoisotopic (exact) mass is 518 g/mol. The molecule has 0 saturated carbocycles. The van der Waals surface area contributed by atoms with Gasteiger partial charge < -0.3 is 29.3 Å². The molecule has 8 nitrogen and oxygen atoms in total. The topological polar surface area (TPSA) is 90.1 Å². The standard InChI is InChI=1S/C20H30N4O4.HI/c1-20(2,3)15-11-22-16(28-15)12-24-19(21-4)23-10-13-8-9-14(25-5)18(27-7)17(13)26-6;/h8-9,11H,10,12H2,1-7H3,(H2,21,23,24);1H. The molecule has 2 aromatic rings. The number of oxazole rings is 1. The van der Waals surface area contributed by atoms with Crippen molar-refractivity contribution in [3.05, 3.63) is 35.5 Å². The maximum atomic E-state index is 5.79. The van der Waals surface area contributed by atoms with Crippen molar-refractivity contribution in [3.8, 4) is 17.2 Å². The van der Waals surface area contributed by atoms with Gasteiger partial charge in [0.1, 0.15) is 5.76 Å². The lowest BCUT2D eigenvalue weighted by atomic mass is 9.94. The molecule has 0 aliphatic carbocycles. The van der Waals surface area contributed by atoms with Gasteiger partial charge in [-0.1, -0.05) is 20.8 Å². The van der Waals surface area contributed by atoms with E-state index in [4.69, 9.17) is 18.6 Å². The fraction of sp³-hybridized carbons (Fsp3) is 0.500. The second kappa shape index (κ2) is 11.1. The van der Waals surface area contributed by atoms with Crippen LogP contribution < -0.4 is 24.8 Å². The summed E-state index contributed by atoms with van der Waals surface area (Å²) in [6.07, 6.45) is 1.77. The number of halogens is 1. The van der Waals surface area contributed by atoms with Crippen molar-refractivity contribution in [1.29, 1.82) is 0 Å². The van der Waals surface area contributed by atoms with E-state index < -0.39 is 0 Å². The van der Waals surface area contributed by atoms with Gasteiger partial charge in [0.25, 0.3) is 0 Å². The fourth-order valence-electron chi connectivity index (χ4n) is 2.60. The SMILES string of the molecule is CN=C(NCc1ncc(C(C)(C)C)o1)NCc1ccc(OC)c(OC)c1OC.I. The molecule has 9 heteroatoms. The van der Waals surface area contributed by atoms with Gasteiger partial charge in [0.05, 0.1) is 34.1 Å². The number of aromatic nitrogens is 1. The van der Waals surface area contributed by atoms with Crippen molar-refractivity contribution in [2.24, 2.45) is 4.99 Å². The zero-order valence-corrected chi connectivity index (χ0v) is 20.4. The van der Waals surface area contributed by atoms with Gasteiger partial charge in [-0.25, -0.2) is 4.98 Å². The van der Waals surface area contributed by atoms with Crippen LogP contribution in [0.3, 0.4) is 0 Å². The van der Waals surface area contributed by atoms with E-state index >= 15 is 0 Å². The third kappa shape index (κ3) is 6.41. The molecule has 0 fully saturated rings. The number of guanidine groups is 1. The average molecular weight is 518 g/mol. The highest BCUT2D eigenvalue weighted by molar-refractivity contribution is 14.0. The summed E-state index contributed by atoms with van der Waals surface area (Å²) < 4.78 is 22.0. The molecule has 0 aliphatic rings. The molecule has 0 amide bonds. The van der Waals surface area contributed by atoms with Gasteiger partial charge in [0.15, 0.2) is 17.5 Å². The van der Waals surface area contributed by atoms with Crippen LogP contribution in [-0.4, -0.2) is 39.3 Å². The quantitative estimate of drug-likeness (QED) is 0.330. The Labute approximate surface area is 189 Å². The molecule has 0 spiro atoms. The summed E-state index contributed by atoms with van der Waals surface area (Å²) in [5.74, 6) is 3.87. The summed E-state index contributed by atoms with van der Waals surface area (Å²) in [7, 11) is 6.48. The van der Waals surface area contributed by atoms with E-state index in [1.807, 2.05) is 12.1 Å². The first kappa shape index (κ1) is 24.9. The molecule has 0 aliphatic heterocycles. The Morgan fingerprint density at radius 1 is 1.03 bits per heavy atom. The largest absolute Gasteiger partial charge is 0.493 e. The van der Waals surface area contributed by atoms with E-state index in [2.05, 4.69) is 41.4 Å². The van der Waals surface area contributed by atoms with E-state index in [0.717, 1.165) is 11.3 Å². The zero-order chi connectivity index (χ0) is 20.7. The molecule has 0 radical (unpaired) electrons. The zero-order valence-electron chi connectivity index (χ0n) is 18.1. The third-order valence-corrected chi connectivity index (χ3v) is 4.16. The number of nitrogens with one attached hydrogen (secondary N) is 2.